The first kappa shape index (κ1) is 12.5. The van der Waals surface area contributed by atoms with Crippen LogP contribution in [0.2, 0.25) is 0 Å². The first-order valence-electron chi connectivity index (χ1n) is 5.42. The molecule has 0 radical (unpaired) electrons. The Morgan fingerprint density at radius 1 is 1.44 bits per heavy atom. The Kier molecular flexibility index (Phi) is 3.58. The maximum absolute atomic E-state index is 11.6. The number of allylic oxidation sites excluding steroid dienone is 1. The van der Waals surface area contributed by atoms with Crippen molar-refractivity contribution in [2.45, 2.75) is 12.3 Å². The van der Waals surface area contributed by atoms with Gasteiger partial charge in [-0.3, -0.25) is 4.79 Å². The molecule has 0 fully saturated rings. The molecule has 4 nitrogen and oxygen atoms in total. The maximum Gasteiger partial charge on any atom is 0.225 e. The summed E-state index contributed by atoms with van der Waals surface area (Å²) in [5.74, 6) is -0.144. The first-order chi connectivity index (χ1) is 8.65. The molecule has 92 valence electrons. The summed E-state index contributed by atoms with van der Waals surface area (Å²) in [6.07, 6.45) is 2.09. The predicted molar refractivity (Wildman–Crippen MR) is 69.8 cm³/mol. The lowest BCUT2D eigenvalue weighted by Crippen LogP contribution is -2.30. The molecular weight excluding hydrogens is 248 g/mol. The Morgan fingerprint density at radius 3 is 2.67 bits per heavy atom. The summed E-state index contributed by atoms with van der Waals surface area (Å²) in [6, 6.07) is 8.79. The molecule has 2 rings (SSSR count). The molecule has 2 N–H and O–H groups in total. The second kappa shape index (κ2) is 5.15. The summed E-state index contributed by atoms with van der Waals surface area (Å²) in [6.45, 7) is 0. The van der Waals surface area contributed by atoms with Crippen molar-refractivity contribution in [2.75, 3.05) is 6.26 Å². The van der Waals surface area contributed by atoms with Gasteiger partial charge in [-0.15, -0.1) is 11.8 Å². The van der Waals surface area contributed by atoms with E-state index in [-0.39, 0.29) is 24.0 Å². The highest BCUT2D eigenvalue weighted by atomic mass is 32.2. The highest BCUT2D eigenvalue weighted by Gasteiger charge is 2.28. The van der Waals surface area contributed by atoms with Gasteiger partial charge in [0.2, 0.25) is 5.91 Å². The van der Waals surface area contributed by atoms with E-state index >= 15 is 0 Å². The van der Waals surface area contributed by atoms with Crippen LogP contribution in [0.4, 0.5) is 0 Å². The molecule has 0 saturated carbocycles. The Morgan fingerprint density at radius 2 is 2.11 bits per heavy atom. The molecule has 0 saturated heterocycles. The van der Waals surface area contributed by atoms with E-state index in [1.807, 2.05) is 6.26 Å². The molecule has 1 heterocycles. The van der Waals surface area contributed by atoms with Crippen molar-refractivity contribution in [1.82, 2.24) is 5.32 Å². The normalized spacial score (nSPS) is 19.3. The van der Waals surface area contributed by atoms with Crippen LogP contribution in [-0.4, -0.2) is 17.3 Å². The van der Waals surface area contributed by atoms with Gasteiger partial charge < -0.3 is 10.4 Å². The number of nitrogens with zero attached hydrogens (tertiary/aromatic N) is 1. The SMILES string of the molecule is CSC1=C(C#N)[C@H](c2ccc(O)cc2)CC(=O)N1. The van der Waals surface area contributed by atoms with Crippen molar-refractivity contribution < 1.29 is 9.90 Å². The van der Waals surface area contributed by atoms with Gasteiger partial charge in [-0.05, 0) is 24.0 Å². The number of rotatable bonds is 2. The van der Waals surface area contributed by atoms with E-state index in [9.17, 15) is 15.2 Å². The molecule has 1 atom stereocenters. The largest absolute Gasteiger partial charge is 0.508 e. The zero-order chi connectivity index (χ0) is 13.1. The van der Waals surface area contributed by atoms with Crippen LogP contribution in [0, 0.1) is 11.3 Å². The van der Waals surface area contributed by atoms with E-state index in [0.717, 1.165) is 5.56 Å². The molecule has 0 aromatic heterocycles. The van der Waals surface area contributed by atoms with Crippen LogP contribution in [0.3, 0.4) is 0 Å². The number of hydrogen-bond acceptors (Lipinski definition) is 4. The van der Waals surface area contributed by atoms with Gasteiger partial charge in [0, 0.05) is 12.3 Å². The maximum atomic E-state index is 11.6. The van der Waals surface area contributed by atoms with Crippen LogP contribution in [0.1, 0.15) is 17.9 Å². The number of nitrogens with one attached hydrogen (secondary N) is 1. The van der Waals surface area contributed by atoms with Crippen molar-refractivity contribution in [2.24, 2.45) is 0 Å². The summed E-state index contributed by atoms with van der Waals surface area (Å²) in [7, 11) is 0. The molecule has 18 heavy (non-hydrogen) atoms. The fourth-order valence-corrected chi connectivity index (χ4v) is 2.60. The molecule has 1 amide bonds. The lowest BCUT2D eigenvalue weighted by Gasteiger charge is -2.24. The number of benzene rings is 1. The minimum atomic E-state index is -0.230. The van der Waals surface area contributed by atoms with Crippen molar-refractivity contribution in [3.63, 3.8) is 0 Å². The fraction of sp³-hybridized carbons (Fsp3) is 0.231. The minimum absolute atomic E-state index is 0.0866. The van der Waals surface area contributed by atoms with E-state index < -0.39 is 0 Å². The van der Waals surface area contributed by atoms with Gasteiger partial charge in [-0.1, -0.05) is 12.1 Å². The molecular formula is C13H12N2O2S. The smallest absolute Gasteiger partial charge is 0.225 e. The molecule has 0 bridgehead atoms. The second-order valence-electron chi connectivity index (χ2n) is 3.96. The Hall–Kier alpha value is -1.93. The van der Waals surface area contributed by atoms with E-state index in [0.29, 0.717) is 10.6 Å². The van der Waals surface area contributed by atoms with Crippen LogP contribution in [0.5, 0.6) is 5.75 Å². The van der Waals surface area contributed by atoms with E-state index in [1.54, 1.807) is 24.3 Å². The average molecular weight is 260 g/mol. The van der Waals surface area contributed by atoms with Crippen molar-refractivity contribution >= 4 is 17.7 Å². The highest BCUT2D eigenvalue weighted by molar-refractivity contribution is 8.02. The zero-order valence-electron chi connectivity index (χ0n) is 9.80. The number of phenols is 1. The van der Waals surface area contributed by atoms with E-state index in [2.05, 4.69) is 11.4 Å². The Labute approximate surface area is 109 Å². The van der Waals surface area contributed by atoms with Crippen LogP contribution in [0.25, 0.3) is 0 Å². The first-order valence-corrected chi connectivity index (χ1v) is 6.65. The van der Waals surface area contributed by atoms with E-state index in [1.165, 1.54) is 11.8 Å². The number of nitriles is 1. The number of hydrogen-bond donors (Lipinski definition) is 2. The number of aromatic hydroxyl groups is 1. The molecule has 1 aliphatic heterocycles. The zero-order valence-corrected chi connectivity index (χ0v) is 10.6. The average Bonchev–Trinajstić information content (AvgIpc) is 2.38. The van der Waals surface area contributed by atoms with Gasteiger partial charge in [0.15, 0.2) is 0 Å². The molecule has 1 aliphatic rings. The number of carbonyl (C=O) groups is 1. The third-order valence-corrected chi connectivity index (χ3v) is 3.59. The molecule has 0 unspecified atom stereocenters. The Bertz CT molecular complexity index is 543. The molecule has 1 aromatic carbocycles. The number of amides is 1. The summed E-state index contributed by atoms with van der Waals surface area (Å²) >= 11 is 1.36. The van der Waals surface area contributed by atoms with Crippen LogP contribution in [0.15, 0.2) is 34.9 Å². The molecule has 1 aromatic rings. The molecule has 5 heteroatoms. The highest BCUT2D eigenvalue weighted by Crippen LogP contribution is 2.35. The molecule has 0 spiro atoms. The summed E-state index contributed by atoms with van der Waals surface area (Å²) in [5.41, 5.74) is 1.44. The second-order valence-corrected chi connectivity index (χ2v) is 4.77. The number of thioether (sulfide) groups is 1. The topological polar surface area (TPSA) is 73.1 Å². The Balaban J connectivity index is 2.45. The van der Waals surface area contributed by atoms with Gasteiger partial charge in [0.25, 0.3) is 0 Å². The van der Waals surface area contributed by atoms with Crippen molar-refractivity contribution in [1.29, 1.82) is 5.26 Å². The number of phenolic OH excluding ortho intramolecular Hbond substituents is 1. The van der Waals surface area contributed by atoms with Crippen molar-refractivity contribution in [3.8, 4) is 11.8 Å². The third-order valence-electron chi connectivity index (χ3n) is 2.86. The van der Waals surface area contributed by atoms with Crippen LogP contribution in [-0.2, 0) is 4.79 Å². The minimum Gasteiger partial charge on any atom is -0.508 e. The summed E-state index contributed by atoms with van der Waals surface area (Å²) in [5, 5.41) is 21.8. The van der Waals surface area contributed by atoms with Crippen LogP contribution >= 0.6 is 11.8 Å². The van der Waals surface area contributed by atoms with Gasteiger partial charge in [0.1, 0.15) is 5.75 Å². The lowest BCUT2D eigenvalue weighted by atomic mass is 9.87. The quantitative estimate of drug-likeness (QED) is 0.854. The fourth-order valence-electron chi connectivity index (χ4n) is 1.97. The van der Waals surface area contributed by atoms with Crippen LogP contribution < -0.4 is 5.32 Å². The van der Waals surface area contributed by atoms with E-state index in [4.69, 9.17) is 0 Å². The monoisotopic (exact) mass is 260 g/mol. The van der Waals surface area contributed by atoms with Gasteiger partial charge in [-0.25, -0.2) is 0 Å². The molecule has 0 aliphatic carbocycles. The summed E-state index contributed by atoms with van der Waals surface area (Å²) < 4.78 is 0. The van der Waals surface area contributed by atoms with Crippen molar-refractivity contribution in [3.05, 3.63) is 40.4 Å². The van der Waals surface area contributed by atoms with Gasteiger partial charge >= 0.3 is 0 Å². The lowest BCUT2D eigenvalue weighted by molar-refractivity contribution is -0.120. The van der Waals surface area contributed by atoms with Gasteiger partial charge in [-0.2, -0.15) is 5.26 Å². The summed E-state index contributed by atoms with van der Waals surface area (Å²) in [4.78, 5) is 11.6. The predicted octanol–water partition coefficient (Wildman–Crippen LogP) is 2.09. The third kappa shape index (κ3) is 2.34. The standard InChI is InChI=1S/C13H12N2O2S/c1-18-13-11(7-14)10(6-12(17)15-13)8-2-4-9(16)5-3-8/h2-5,10,16H,6H2,1H3,(H,15,17)/t10-/m0/s1. The number of carbonyl (C=O) groups excluding carboxylic acids is 1. The van der Waals surface area contributed by atoms with Gasteiger partial charge in [0.05, 0.1) is 16.7 Å².